The molecule has 0 radical (unpaired) electrons. The van der Waals surface area contributed by atoms with Crippen LogP contribution in [0.5, 0.6) is 0 Å². The lowest BCUT2D eigenvalue weighted by Gasteiger charge is -2.34. The van der Waals surface area contributed by atoms with E-state index in [1.54, 1.807) is 17.0 Å². The maximum atomic E-state index is 12.9. The molecular formula is C20H29FN4O3. The number of carbonyl (C=O) groups excluding carboxylic acids is 3. The minimum Gasteiger partial charge on any atom is -0.340 e. The van der Waals surface area contributed by atoms with Gasteiger partial charge in [0.2, 0.25) is 11.8 Å². The van der Waals surface area contributed by atoms with Gasteiger partial charge in [-0.3, -0.25) is 19.8 Å². The molecule has 1 aromatic rings. The molecule has 1 heterocycles. The van der Waals surface area contributed by atoms with E-state index in [9.17, 15) is 18.8 Å². The van der Waals surface area contributed by atoms with Gasteiger partial charge in [0.05, 0.1) is 6.42 Å². The second-order valence-electron chi connectivity index (χ2n) is 8.03. The van der Waals surface area contributed by atoms with Gasteiger partial charge in [0.25, 0.3) is 0 Å². The molecule has 1 saturated heterocycles. The van der Waals surface area contributed by atoms with Gasteiger partial charge in [-0.15, -0.1) is 0 Å². The average Bonchev–Trinajstić information content (AvgIpc) is 2.60. The molecule has 0 atom stereocenters. The van der Waals surface area contributed by atoms with Gasteiger partial charge in [-0.05, 0) is 38.5 Å². The zero-order chi connectivity index (χ0) is 20.7. The molecule has 4 amide bonds. The fraction of sp³-hybridized carbons (Fsp3) is 0.550. The lowest BCUT2D eigenvalue weighted by Crippen LogP contribution is -2.51. The van der Waals surface area contributed by atoms with Crippen molar-refractivity contribution >= 4 is 17.8 Å². The normalized spacial score (nSPS) is 15.2. The molecule has 0 spiro atoms. The zero-order valence-electron chi connectivity index (χ0n) is 16.8. The van der Waals surface area contributed by atoms with Crippen LogP contribution in [0.3, 0.4) is 0 Å². The molecule has 154 valence electrons. The van der Waals surface area contributed by atoms with Gasteiger partial charge in [-0.25, -0.2) is 9.18 Å². The van der Waals surface area contributed by atoms with E-state index in [1.807, 2.05) is 20.8 Å². The fourth-order valence-corrected chi connectivity index (χ4v) is 2.93. The molecule has 0 saturated carbocycles. The largest absolute Gasteiger partial charge is 0.340 e. The molecular weight excluding hydrogens is 363 g/mol. The first kappa shape index (κ1) is 21.8. The van der Waals surface area contributed by atoms with Gasteiger partial charge in [-0.2, -0.15) is 0 Å². The van der Waals surface area contributed by atoms with Gasteiger partial charge in [0, 0.05) is 44.7 Å². The predicted molar refractivity (Wildman–Crippen MR) is 104 cm³/mol. The topological polar surface area (TPSA) is 81.8 Å². The highest BCUT2D eigenvalue weighted by atomic mass is 19.1. The number of amides is 4. The second kappa shape index (κ2) is 9.64. The monoisotopic (exact) mass is 392 g/mol. The maximum Gasteiger partial charge on any atom is 0.321 e. The predicted octanol–water partition coefficient (Wildman–Crippen LogP) is 1.53. The highest BCUT2D eigenvalue weighted by Gasteiger charge is 2.22. The molecule has 28 heavy (non-hydrogen) atoms. The molecule has 1 aromatic carbocycles. The minimum atomic E-state index is -0.492. The number of nitrogens with zero attached hydrogens (tertiary/aromatic N) is 2. The van der Waals surface area contributed by atoms with Crippen LogP contribution in [0.25, 0.3) is 0 Å². The van der Waals surface area contributed by atoms with E-state index in [0.29, 0.717) is 32.7 Å². The summed E-state index contributed by atoms with van der Waals surface area (Å²) in [5.41, 5.74) is 0.389. The number of carbonyl (C=O) groups is 3. The van der Waals surface area contributed by atoms with Crippen molar-refractivity contribution in [2.24, 2.45) is 0 Å². The van der Waals surface area contributed by atoms with Gasteiger partial charge in [-0.1, -0.05) is 12.1 Å². The average molecular weight is 392 g/mol. The summed E-state index contributed by atoms with van der Waals surface area (Å²) in [5.74, 6) is -0.621. The molecule has 1 aliphatic rings. The lowest BCUT2D eigenvalue weighted by atomic mass is 10.1. The summed E-state index contributed by atoms with van der Waals surface area (Å²) in [5, 5.41) is 5.01. The summed E-state index contributed by atoms with van der Waals surface area (Å²) in [6, 6.07) is 5.46. The van der Waals surface area contributed by atoms with E-state index in [-0.39, 0.29) is 30.5 Å². The van der Waals surface area contributed by atoms with Crippen LogP contribution in [0.2, 0.25) is 0 Å². The van der Waals surface area contributed by atoms with Gasteiger partial charge < -0.3 is 10.2 Å². The zero-order valence-corrected chi connectivity index (χ0v) is 16.8. The Kier molecular flexibility index (Phi) is 7.51. The molecule has 0 aliphatic carbocycles. The summed E-state index contributed by atoms with van der Waals surface area (Å²) in [6.07, 6.45) is 0.479. The summed E-state index contributed by atoms with van der Waals surface area (Å²) in [6.45, 7) is 8.59. The van der Waals surface area contributed by atoms with Crippen LogP contribution in [0.4, 0.5) is 9.18 Å². The fourth-order valence-electron chi connectivity index (χ4n) is 2.93. The van der Waals surface area contributed by atoms with Gasteiger partial charge >= 0.3 is 6.03 Å². The quantitative estimate of drug-likeness (QED) is 0.796. The van der Waals surface area contributed by atoms with Crippen LogP contribution >= 0.6 is 0 Å². The van der Waals surface area contributed by atoms with Crippen molar-refractivity contribution in [2.75, 3.05) is 32.7 Å². The van der Waals surface area contributed by atoms with Crippen LogP contribution in [0.15, 0.2) is 24.3 Å². The van der Waals surface area contributed by atoms with Crippen molar-refractivity contribution < 1.29 is 18.8 Å². The molecule has 0 unspecified atom stereocenters. The smallest absolute Gasteiger partial charge is 0.321 e. The Morgan fingerprint density at radius 2 is 1.64 bits per heavy atom. The summed E-state index contributed by atoms with van der Waals surface area (Å²) >= 11 is 0. The highest BCUT2D eigenvalue weighted by molar-refractivity contribution is 5.94. The number of hydrogen-bond acceptors (Lipinski definition) is 4. The van der Waals surface area contributed by atoms with Crippen LogP contribution in [-0.2, 0) is 16.0 Å². The third-order valence-corrected chi connectivity index (χ3v) is 4.39. The van der Waals surface area contributed by atoms with Crippen molar-refractivity contribution in [3.8, 4) is 0 Å². The number of urea groups is 1. The number of halogens is 1. The van der Waals surface area contributed by atoms with Crippen LogP contribution in [-0.4, -0.2) is 65.9 Å². The number of imide groups is 1. The Morgan fingerprint density at radius 3 is 2.21 bits per heavy atom. The Hall–Kier alpha value is -2.48. The van der Waals surface area contributed by atoms with Crippen LogP contribution < -0.4 is 10.6 Å². The molecule has 8 heteroatoms. The summed E-state index contributed by atoms with van der Waals surface area (Å²) < 4.78 is 12.9. The summed E-state index contributed by atoms with van der Waals surface area (Å²) in [7, 11) is 0. The Morgan fingerprint density at radius 1 is 1.04 bits per heavy atom. The molecule has 0 bridgehead atoms. The van der Waals surface area contributed by atoms with Crippen LogP contribution in [0, 0.1) is 5.82 Å². The number of benzene rings is 1. The summed E-state index contributed by atoms with van der Waals surface area (Å²) in [4.78, 5) is 39.8. The van der Waals surface area contributed by atoms with E-state index in [1.165, 1.54) is 12.1 Å². The van der Waals surface area contributed by atoms with Crippen molar-refractivity contribution in [1.29, 1.82) is 0 Å². The molecule has 1 fully saturated rings. The number of nitrogens with one attached hydrogen (secondary N) is 2. The highest BCUT2D eigenvalue weighted by Crippen LogP contribution is 2.08. The number of hydrogen-bond donors (Lipinski definition) is 2. The molecule has 0 aromatic heterocycles. The first-order chi connectivity index (χ1) is 13.1. The minimum absolute atomic E-state index is 0.0165. The van der Waals surface area contributed by atoms with Gasteiger partial charge in [0.1, 0.15) is 5.82 Å². The lowest BCUT2D eigenvalue weighted by molar-refractivity contribution is -0.132. The molecule has 7 nitrogen and oxygen atoms in total. The standard InChI is InChI=1S/C20H29FN4O3/c1-20(2,3)23-19(28)22-17(26)8-9-24-10-12-25(13-11-24)18(27)14-15-4-6-16(21)7-5-15/h4-7H,8-14H2,1-3H3,(H2,22,23,26,28). The van der Waals surface area contributed by atoms with Gasteiger partial charge in [0.15, 0.2) is 0 Å². The first-order valence-electron chi connectivity index (χ1n) is 9.49. The molecule has 2 rings (SSSR count). The second-order valence-corrected chi connectivity index (χ2v) is 8.03. The Balaban J connectivity index is 1.67. The van der Waals surface area contributed by atoms with E-state index in [2.05, 4.69) is 15.5 Å². The Bertz CT molecular complexity index is 692. The van der Waals surface area contributed by atoms with Crippen LogP contribution in [0.1, 0.15) is 32.8 Å². The number of piperazine rings is 1. The number of rotatable bonds is 5. The molecule has 2 N–H and O–H groups in total. The maximum absolute atomic E-state index is 12.9. The van der Waals surface area contributed by atoms with E-state index in [0.717, 1.165) is 5.56 Å². The van der Waals surface area contributed by atoms with Crippen molar-refractivity contribution in [3.63, 3.8) is 0 Å². The first-order valence-corrected chi connectivity index (χ1v) is 9.49. The van der Waals surface area contributed by atoms with Crippen molar-refractivity contribution in [1.82, 2.24) is 20.4 Å². The van der Waals surface area contributed by atoms with E-state index < -0.39 is 11.6 Å². The third-order valence-electron chi connectivity index (χ3n) is 4.39. The van der Waals surface area contributed by atoms with Crippen molar-refractivity contribution in [3.05, 3.63) is 35.6 Å². The molecule has 1 aliphatic heterocycles. The van der Waals surface area contributed by atoms with Crippen molar-refractivity contribution in [2.45, 2.75) is 39.2 Å². The van der Waals surface area contributed by atoms with E-state index >= 15 is 0 Å². The third kappa shape index (κ3) is 7.64. The van der Waals surface area contributed by atoms with E-state index in [4.69, 9.17) is 0 Å². The SMILES string of the molecule is CC(C)(C)NC(=O)NC(=O)CCN1CCN(C(=O)Cc2ccc(F)cc2)CC1. The Labute approximate surface area is 165 Å².